The molecular formula is C37H44N4O4. The van der Waals surface area contributed by atoms with Crippen molar-refractivity contribution in [3.63, 3.8) is 0 Å². The lowest BCUT2D eigenvalue weighted by molar-refractivity contribution is -0.130. The average molecular weight is 609 g/mol. The molecule has 0 saturated heterocycles. The third-order valence-electron chi connectivity index (χ3n) is 10.4. The maximum absolute atomic E-state index is 14.0. The molecule has 3 aliphatic carbocycles. The molecular weight excluding hydrogens is 564 g/mol. The van der Waals surface area contributed by atoms with Crippen molar-refractivity contribution in [2.75, 3.05) is 13.1 Å². The second-order valence-corrected chi connectivity index (χ2v) is 13.4. The van der Waals surface area contributed by atoms with Gasteiger partial charge in [-0.2, -0.15) is 0 Å². The van der Waals surface area contributed by atoms with Gasteiger partial charge in [-0.05, 0) is 90.3 Å². The summed E-state index contributed by atoms with van der Waals surface area (Å²) in [4.78, 5) is 41.1. The molecule has 3 fully saturated rings. The van der Waals surface area contributed by atoms with Crippen LogP contribution in [0, 0.1) is 10.8 Å². The molecule has 8 heteroatoms. The predicted octanol–water partition coefficient (Wildman–Crippen LogP) is 4.20. The smallest absolute Gasteiger partial charge is 0.251 e. The Labute approximate surface area is 265 Å². The van der Waals surface area contributed by atoms with Crippen molar-refractivity contribution in [1.29, 1.82) is 0 Å². The van der Waals surface area contributed by atoms with Gasteiger partial charge in [0.25, 0.3) is 5.91 Å². The van der Waals surface area contributed by atoms with Gasteiger partial charge in [-0.1, -0.05) is 66.7 Å². The first kappa shape index (κ1) is 31.0. The van der Waals surface area contributed by atoms with Gasteiger partial charge in [-0.15, -0.1) is 0 Å². The molecule has 236 valence electrons. The third kappa shape index (κ3) is 7.29. The van der Waals surface area contributed by atoms with E-state index < -0.39 is 18.0 Å². The van der Waals surface area contributed by atoms with Gasteiger partial charge in [-0.25, -0.2) is 0 Å². The van der Waals surface area contributed by atoms with Crippen LogP contribution in [0.4, 0.5) is 0 Å². The van der Waals surface area contributed by atoms with Gasteiger partial charge in [0, 0.05) is 24.9 Å². The monoisotopic (exact) mass is 608 g/mol. The Morgan fingerprint density at radius 2 is 1.29 bits per heavy atom. The number of hydrogen-bond acceptors (Lipinski definition) is 5. The number of carbonyl (C=O) groups is 3. The topological polar surface area (TPSA) is 123 Å². The Hall–Kier alpha value is -4.01. The molecule has 7 rings (SSSR count). The number of nitrogens with one attached hydrogen (secondary N) is 3. The van der Waals surface area contributed by atoms with Crippen LogP contribution in [-0.2, 0) is 40.4 Å². The highest BCUT2D eigenvalue weighted by Crippen LogP contribution is 2.56. The van der Waals surface area contributed by atoms with E-state index in [1.807, 2.05) is 54.6 Å². The fraction of sp³-hybridized carbons (Fsp3) is 0.432. The quantitative estimate of drug-likeness (QED) is 0.246. The highest BCUT2D eigenvalue weighted by molar-refractivity contribution is 5.98. The Balaban J connectivity index is 1.19. The Bertz CT molecular complexity index is 1480. The van der Waals surface area contributed by atoms with Crippen LogP contribution in [0.5, 0.6) is 0 Å². The summed E-state index contributed by atoms with van der Waals surface area (Å²) in [6.45, 7) is 2.45. The third-order valence-corrected chi connectivity index (χ3v) is 10.4. The summed E-state index contributed by atoms with van der Waals surface area (Å²) in [6, 6.07) is 22.9. The van der Waals surface area contributed by atoms with Gasteiger partial charge < -0.3 is 26.4 Å². The lowest BCUT2D eigenvalue weighted by Gasteiger charge is -2.53. The first-order chi connectivity index (χ1) is 21.9. The number of carbonyl (C=O) groups excluding carboxylic acids is 3. The number of amides is 3. The zero-order chi connectivity index (χ0) is 31.3. The number of fused-ring (bicyclic) bond motifs is 4. The second-order valence-electron chi connectivity index (χ2n) is 13.4. The van der Waals surface area contributed by atoms with Gasteiger partial charge in [0.15, 0.2) is 0 Å². The minimum atomic E-state index is -0.885. The van der Waals surface area contributed by atoms with E-state index in [1.165, 1.54) is 0 Å². The summed E-state index contributed by atoms with van der Waals surface area (Å²) in [7, 11) is 0. The standard InChI is InChI=1S/C37H44N4O4/c38-24-36-13-16-37(17-14-36,18-15-36)25-39-34(43)31(20-26-7-3-1-4-8-26)41-35(44)32(40-33(42)28-9-5-2-6-10-28)21-27-11-12-29-22-45-23-30(29)19-27/h1-12,19,31-32H,13-18,20-25,38H2,(H,39,43)(H,40,42)(H,41,44)/t31-,32+,36?,37?/m0/s1. The second kappa shape index (κ2) is 13.5. The first-order valence-corrected chi connectivity index (χ1v) is 16.2. The van der Waals surface area contributed by atoms with Crippen LogP contribution in [0.3, 0.4) is 0 Å². The van der Waals surface area contributed by atoms with Crippen molar-refractivity contribution < 1.29 is 19.1 Å². The molecule has 45 heavy (non-hydrogen) atoms. The van der Waals surface area contributed by atoms with E-state index in [-0.39, 0.29) is 29.1 Å². The molecule has 2 bridgehead atoms. The fourth-order valence-corrected chi connectivity index (χ4v) is 7.27. The number of ether oxygens (including phenoxy) is 1. The zero-order valence-electron chi connectivity index (χ0n) is 25.9. The molecule has 2 atom stereocenters. The lowest BCUT2D eigenvalue weighted by atomic mass is 9.54. The van der Waals surface area contributed by atoms with E-state index in [9.17, 15) is 14.4 Å². The summed E-state index contributed by atoms with van der Waals surface area (Å²) < 4.78 is 5.58. The number of rotatable bonds is 12. The largest absolute Gasteiger partial charge is 0.372 e. The van der Waals surface area contributed by atoms with Crippen LogP contribution in [0.25, 0.3) is 0 Å². The van der Waals surface area contributed by atoms with Gasteiger partial charge in [-0.3, -0.25) is 14.4 Å². The van der Waals surface area contributed by atoms with Crippen molar-refractivity contribution in [3.8, 4) is 0 Å². The van der Waals surface area contributed by atoms with Gasteiger partial charge in [0.1, 0.15) is 12.1 Å². The van der Waals surface area contributed by atoms with Crippen molar-refractivity contribution in [2.24, 2.45) is 16.6 Å². The minimum Gasteiger partial charge on any atom is -0.372 e. The van der Waals surface area contributed by atoms with E-state index >= 15 is 0 Å². The van der Waals surface area contributed by atoms with Gasteiger partial charge in [0.2, 0.25) is 11.8 Å². The average Bonchev–Trinajstić information content (AvgIpc) is 3.56. The molecule has 0 unspecified atom stereocenters. The van der Waals surface area contributed by atoms with E-state index in [0.29, 0.717) is 31.7 Å². The zero-order valence-corrected chi connectivity index (χ0v) is 25.9. The maximum atomic E-state index is 14.0. The molecule has 4 aliphatic rings. The highest BCUT2D eigenvalue weighted by atomic mass is 16.5. The van der Waals surface area contributed by atoms with Crippen molar-refractivity contribution in [2.45, 2.75) is 76.7 Å². The van der Waals surface area contributed by atoms with E-state index in [1.54, 1.807) is 24.3 Å². The van der Waals surface area contributed by atoms with Crippen LogP contribution in [0.1, 0.15) is 71.1 Å². The summed E-state index contributed by atoms with van der Waals surface area (Å²) >= 11 is 0. The van der Waals surface area contributed by atoms with Gasteiger partial charge in [0.05, 0.1) is 13.2 Å². The van der Waals surface area contributed by atoms with Crippen LogP contribution < -0.4 is 21.7 Å². The minimum absolute atomic E-state index is 0.0946. The predicted molar refractivity (Wildman–Crippen MR) is 173 cm³/mol. The molecule has 3 aromatic carbocycles. The molecule has 3 amide bonds. The number of hydrogen-bond donors (Lipinski definition) is 4. The van der Waals surface area contributed by atoms with E-state index in [0.717, 1.165) is 67.3 Å². The number of benzene rings is 3. The molecule has 1 heterocycles. The normalized spacial score (nSPS) is 23.0. The van der Waals surface area contributed by atoms with Crippen LogP contribution in [0.15, 0.2) is 78.9 Å². The molecule has 0 aromatic heterocycles. The van der Waals surface area contributed by atoms with Crippen LogP contribution in [0.2, 0.25) is 0 Å². The Morgan fingerprint density at radius 1 is 0.689 bits per heavy atom. The van der Waals surface area contributed by atoms with Crippen molar-refractivity contribution in [3.05, 3.63) is 107 Å². The fourth-order valence-electron chi connectivity index (χ4n) is 7.27. The summed E-state index contributed by atoms with van der Waals surface area (Å²) in [6.07, 6.45) is 7.17. The van der Waals surface area contributed by atoms with Crippen LogP contribution >= 0.6 is 0 Å². The van der Waals surface area contributed by atoms with Crippen molar-refractivity contribution in [1.82, 2.24) is 16.0 Å². The molecule has 3 saturated carbocycles. The van der Waals surface area contributed by atoms with Gasteiger partial charge >= 0.3 is 0 Å². The molecule has 8 nitrogen and oxygen atoms in total. The molecule has 1 aliphatic heterocycles. The Kier molecular flexibility index (Phi) is 9.33. The first-order valence-electron chi connectivity index (χ1n) is 16.2. The summed E-state index contributed by atoms with van der Waals surface area (Å²) in [5, 5.41) is 9.20. The summed E-state index contributed by atoms with van der Waals surface area (Å²) in [5.41, 5.74) is 11.0. The Morgan fingerprint density at radius 3 is 1.98 bits per heavy atom. The van der Waals surface area contributed by atoms with E-state index in [4.69, 9.17) is 10.5 Å². The lowest BCUT2D eigenvalue weighted by Crippen LogP contribution is -2.56. The summed E-state index contributed by atoms with van der Waals surface area (Å²) in [5.74, 6) is -0.939. The SMILES string of the molecule is NCC12CCC(CNC(=O)[C@H](Cc3ccccc3)NC(=O)[C@@H](Cc3ccc4c(c3)COC4)NC(=O)c3ccccc3)(CC1)CC2. The highest BCUT2D eigenvalue weighted by Gasteiger charge is 2.48. The molecule has 3 aromatic rings. The van der Waals surface area contributed by atoms with Crippen LogP contribution in [-0.4, -0.2) is 42.9 Å². The molecule has 0 spiro atoms. The molecule has 5 N–H and O–H groups in total. The maximum Gasteiger partial charge on any atom is 0.251 e. The molecule has 0 radical (unpaired) electrons. The number of nitrogens with two attached hydrogens (primary N) is 1. The van der Waals surface area contributed by atoms with E-state index in [2.05, 4.69) is 16.0 Å². The van der Waals surface area contributed by atoms with Crippen molar-refractivity contribution >= 4 is 17.7 Å².